The fourth-order valence-electron chi connectivity index (χ4n) is 2.62. The second-order valence-electron chi connectivity index (χ2n) is 6.14. The van der Waals surface area contributed by atoms with Crippen LogP contribution >= 0.6 is 23.1 Å². The molecule has 1 unspecified atom stereocenters. The fraction of sp³-hybridized carbons (Fsp3) is 0.353. The predicted octanol–water partition coefficient (Wildman–Crippen LogP) is 1.80. The number of amides is 2. The summed E-state index contributed by atoms with van der Waals surface area (Å²) in [7, 11) is -2.96. The Balaban J connectivity index is 1.51. The third-order valence-corrected chi connectivity index (χ3v) is 8.47. The number of aryl methyl sites for hydroxylation is 1. The Bertz CT molecular complexity index is 942. The van der Waals surface area contributed by atoms with Crippen LogP contribution in [0, 0.1) is 6.92 Å². The maximum Gasteiger partial charge on any atom is 0.281 e. The second kappa shape index (κ2) is 8.41. The van der Waals surface area contributed by atoms with Gasteiger partial charge in [0.15, 0.2) is 9.84 Å². The van der Waals surface area contributed by atoms with Crippen molar-refractivity contribution in [1.29, 1.82) is 0 Å². The van der Waals surface area contributed by atoms with E-state index in [9.17, 15) is 18.0 Å². The molecular formula is C17H19N3O4S3. The highest BCUT2D eigenvalue weighted by molar-refractivity contribution is 8.02. The van der Waals surface area contributed by atoms with Crippen molar-refractivity contribution in [3.05, 3.63) is 40.9 Å². The zero-order chi connectivity index (χ0) is 19.4. The van der Waals surface area contributed by atoms with Crippen LogP contribution in [-0.2, 0) is 14.6 Å². The molecule has 0 spiro atoms. The van der Waals surface area contributed by atoms with Gasteiger partial charge in [-0.05, 0) is 13.3 Å². The summed E-state index contributed by atoms with van der Waals surface area (Å²) >= 11 is 2.55. The van der Waals surface area contributed by atoms with Gasteiger partial charge >= 0.3 is 0 Å². The molecule has 1 saturated heterocycles. The standard InChI is InChI=1S/C17H19N3O4S3/c1-11-15(26-17(18-11)12-5-3-2-4-6-12)16(22)20-19-14(21)9-25-13-7-8-27(23,24)10-13/h2-6,13H,7-10H2,1H3,(H,19,21)(H,20,22). The van der Waals surface area contributed by atoms with Gasteiger partial charge in [0.2, 0.25) is 5.91 Å². The Kier molecular flexibility index (Phi) is 6.18. The molecule has 1 aliphatic rings. The van der Waals surface area contributed by atoms with Gasteiger partial charge in [0.25, 0.3) is 5.91 Å². The van der Waals surface area contributed by atoms with E-state index in [4.69, 9.17) is 0 Å². The molecule has 2 N–H and O–H groups in total. The van der Waals surface area contributed by atoms with Crippen LogP contribution in [0.5, 0.6) is 0 Å². The van der Waals surface area contributed by atoms with Crippen molar-refractivity contribution in [1.82, 2.24) is 15.8 Å². The smallest absolute Gasteiger partial charge is 0.272 e. The lowest BCUT2D eigenvalue weighted by molar-refractivity contribution is -0.119. The number of hydrazine groups is 1. The number of thioether (sulfide) groups is 1. The molecular weight excluding hydrogens is 406 g/mol. The molecule has 27 heavy (non-hydrogen) atoms. The van der Waals surface area contributed by atoms with Crippen molar-refractivity contribution >= 4 is 44.8 Å². The minimum absolute atomic E-state index is 0.0615. The molecule has 1 atom stereocenters. The summed E-state index contributed by atoms with van der Waals surface area (Å²) in [6.45, 7) is 1.75. The van der Waals surface area contributed by atoms with Crippen LogP contribution in [0.25, 0.3) is 10.6 Å². The van der Waals surface area contributed by atoms with Crippen LogP contribution in [0.1, 0.15) is 21.8 Å². The monoisotopic (exact) mass is 425 g/mol. The van der Waals surface area contributed by atoms with Gasteiger partial charge in [-0.3, -0.25) is 20.4 Å². The third-order valence-electron chi connectivity index (χ3n) is 3.98. The molecule has 1 aromatic heterocycles. The van der Waals surface area contributed by atoms with Crippen molar-refractivity contribution in [2.24, 2.45) is 0 Å². The molecule has 1 fully saturated rings. The first kappa shape index (κ1) is 19.8. The summed E-state index contributed by atoms with van der Waals surface area (Å²) in [6, 6.07) is 9.55. The van der Waals surface area contributed by atoms with Gasteiger partial charge in [-0.15, -0.1) is 23.1 Å². The van der Waals surface area contributed by atoms with Crippen LogP contribution in [0.15, 0.2) is 30.3 Å². The number of rotatable bonds is 5. The maximum atomic E-state index is 12.3. The van der Waals surface area contributed by atoms with E-state index in [1.165, 1.54) is 23.1 Å². The van der Waals surface area contributed by atoms with Crippen LogP contribution in [-0.4, -0.2) is 47.7 Å². The van der Waals surface area contributed by atoms with E-state index in [0.29, 0.717) is 17.0 Å². The van der Waals surface area contributed by atoms with Gasteiger partial charge in [-0.25, -0.2) is 13.4 Å². The number of hydrogen-bond acceptors (Lipinski definition) is 7. The number of hydrogen-bond donors (Lipinski definition) is 2. The van der Waals surface area contributed by atoms with Crippen molar-refractivity contribution in [2.75, 3.05) is 17.3 Å². The van der Waals surface area contributed by atoms with E-state index < -0.39 is 15.7 Å². The quantitative estimate of drug-likeness (QED) is 0.708. The largest absolute Gasteiger partial charge is 0.281 e. The van der Waals surface area contributed by atoms with Crippen LogP contribution in [0.3, 0.4) is 0 Å². The van der Waals surface area contributed by atoms with Gasteiger partial charge in [0.05, 0.1) is 23.0 Å². The Morgan fingerprint density at radius 3 is 2.67 bits per heavy atom. The van der Waals surface area contributed by atoms with E-state index in [1.54, 1.807) is 6.92 Å². The van der Waals surface area contributed by atoms with Gasteiger partial charge in [-0.2, -0.15) is 0 Å². The minimum atomic E-state index is -2.96. The van der Waals surface area contributed by atoms with E-state index in [2.05, 4.69) is 15.8 Å². The molecule has 1 aliphatic heterocycles. The third kappa shape index (κ3) is 5.30. The minimum Gasteiger partial charge on any atom is -0.272 e. The number of carbonyl (C=O) groups excluding carboxylic acids is 2. The molecule has 0 saturated carbocycles. The number of benzene rings is 1. The molecule has 144 valence electrons. The summed E-state index contributed by atoms with van der Waals surface area (Å²) in [4.78, 5) is 29.1. The number of aromatic nitrogens is 1. The van der Waals surface area contributed by atoms with Crippen LogP contribution < -0.4 is 10.9 Å². The lowest BCUT2D eigenvalue weighted by Crippen LogP contribution is -2.42. The molecule has 3 rings (SSSR count). The zero-order valence-corrected chi connectivity index (χ0v) is 17.0. The molecule has 7 nitrogen and oxygen atoms in total. The maximum absolute atomic E-state index is 12.3. The molecule has 2 amide bonds. The Labute approximate surface area is 165 Å². The fourth-order valence-corrected chi connectivity index (χ4v) is 7.03. The zero-order valence-electron chi connectivity index (χ0n) is 14.6. The van der Waals surface area contributed by atoms with Crippen LogP contribution in [0.4, 0.5) is 0 Å². The van der Waals surface area contributed by atoms with E-state index >= 15 is 0 Å². The molecule has 0 bridgehead atoms. The van der Waals surface area contributed by atoms with E-state index in [-0.39, 0.29) is 28.4 Å². The Morgan fingerprint density at radius 1 is 1.26 bits per heavy atom. The number of nitrogens with zero attached hydrogens (tertiary/aromatic N) is 1. The van der Waals surface area contributed by atoms with Crippen molar-refractivity contribution < 1.29 is 18.0 Å². The summed E-state index contributed by atoms with van der Waals surface area (Å²) in [6.07, 6.45) is 0.564. The highest BCUT2D eigenvalue weighted by Gasteiger charge is 2.28. The normalized spacial score (nSPS) is 18.2. The molecule has 10 heteroatoms. The summed E-state index contributed by atoms with van der Waals surface area (Å²) in [5.41, 5.74) is 6.29. The number of carbonyl (C=O) groups is 2. The Hall–Kier alpha value is -1.91. The summed E-state index contributed by atoms with van der Waals surface area (Å²) in [5.74, 6) is -0.411. The average molecular weight is 426 g/mol. The SMILES string of the molecule is Cc1nc(-c2ccccc2)sc1C(=O)NNC(=O)CSC1CCS(=O)(=O)C1. The lowest BCUT2D eigenvalue weighted by atomic mass is 10.2. The molecule has 0 radical (unpaired) electrons. The van der Waals surface area contributed by atoms with Gasteiger partial charge < -0.3 is 0 Å². The van der Waals surface area contributed by atoms with E-state index in [0.717, 1.165) is 10.6 Å². The molecule has 1 aromatic carbocycles. The lowest BCUT2D eigenvalue weighted by Gasteiger charge is -2.09. The number of thiazole rings is 1. The predicted molar refractivity (Wildman–Crippen MR) is 107 cm³/mol. The second-order valence-corrected chi connectivity index (χ2v) is 10.7. The van der Waals surface area contributed by atoms with Gasteiger partial charge in [0, 0.05) is 10.8 Å². The first-order valence-electron chi connectivity index (χ1n) is 8.28. The van der Waals surface area contributed by atoms with Gasteiger partial charge in [0.1, 0.15) is 9.88 Å². The molecule has 2 heterocycles. The molecule has 0 aliphatic carbocycles. The van der Waals surface area contributed by atoms with Crippen molar-refractivity contribution in [3.8, 4) is 10.6 Å². The van der Waals surface area contributed by atoms with Crippen LogP contribution in [0.2, 0.25) is 0 Å². The molecule has 2 aromatic rings. The van der Waals surface area contributed by atoms with E-state index in [1.807, 2.05) is 30.3 Å². The van der Waals surface area contributed by atoms with Crippen molar-refractivity contribution in [3.63, 3.8) is 0 Å². The number of sulfone groups is 1. The summed E-state index contributed by atoms with van der Waals surface area (Å²) in [5, 5.41) is 0.677. The average Bonchev–Trinajstić information content (AvgIpc) is 3.20. The Morgan fingerprint density at radius 2 is 2.00 bits per heavy atom. The highest BCUT2D eigenvalue weighted by Crippen LogP contribution is 2.27. The summed E-state index contributed by atoms with van der Waals surface area (Å²) < 4.78 is 22.8. The first-order chi connectivity index (χ1) is 12.8. The van der Waals surface area contributed by atoms with Gasteiger partial charge in [-0.1, -0.05) is 30.3 Å². The first-order valence-corrected chi connectivity index (χ1v) is 12.0. The highest BCUT2D eigenvalue weighted by atomic mass is 32.2. The topological polar surface area (TPSA) is 105 Å². The number of nitrogens with one attached hydrogen (secondary N) is 2. The van der Waals surface area contributed by atoms with Crippen molar-refractivity contribution in [2.45, 2.75) is 18.6 Å².